The van der Waals surface area contributed by atoms with E-state index in [9.17, 15) is 9.59 Å². The number of hydrogen-bond donors (Lipinski definition) is 1. The third-order valence-corrected chi connectivity index (χ3v) is 6.47. The maximum atomic E-state index is 13.7. The van der Waals surface area contributed by atoms with Gasteiger partial charge >= 0.3 is 0 Å². The molecule has 3 aromatic carbocycles. The molecule has 1 N–H and O–H groups in total. The Bertz CT molecular complexity index is 1080. The lowest BCUT2D eigenvalue weighted by molar-refractivity contribution is -0.140. The van der Waals surface area contributed by atoms with Crippen LogP contribution in [0, 0.1) is 6.92 Å². The predicted molar refractivity (Wildman–Crippen MR) is 141 cm³/mol. The highest BCUT2D eigenvalue weighted by Gasteiger charge is 2.32. The van der Waals surface area contributed by atoms with Gasteiger partial charge in [0.15, 0.2) is 0 Å². The first-order valence-electron chi connectivity index (χ1n) is 11.6. The summed E-state index contributed by atoms with van der Waals surface area (Å²) in [7, 11) is 0. The van der Waals surface area contributed by atoms with Crippen molar-refractivity contribution in [2.24, 2.45) is 0 Å². The number of carbonyl (C=O) groups is 2. The monoisotopic (exact) mass is 474 g/mol. The molecule has 3 rings (SSSR count). The zero-order chi connectivity index (χ0) is 24.6. The molecule has 5 heteroatoms. The van der Waals surface area contributed by atoms with Gasteiger partial charge in [0.2, 0.25) is 11.8 Å². The fraction of sp³-hybridized carbons (Fsp3) is 0.310. The molecule has 178 valence electrons. The normalized spacial score (nSPS) is 12.1. The van der Waals surface area contributed by atoms with E-state index in [-0.39, 0.29) is 17.6 Å². The molecule has 0 saturated heterocycles. The highest BCUT2D eigenvalue weighted by molar-refractivity contribution is 8.00. The van der Waals surface area contributed by atoms with Crippen LogP contribution >= 0.6 is 11.8 Å². The van der Waals surface area contributed by atoms with Gasteiger partial charge in [-0.25, -0.2) is 0 Å². The third-order valence-electron chi connectivity index (χ3n) is 5.48. The first kappa shape index (κ1) is 25.6. The van der Waals surface area contributed by atoms with Gasteiger partial charge in [-0.3, -0.25) is 9.59 Å². The van der Waals surface area contributed by atoms with E-state index >= 15 is 0 Å². The molecule has 34 heavy (non-hydrogen) atoms. The molecule has 3 aromatic rings. The van der Waals surface area contributed by atoms with Crippen LogP contribution in [0.15, 0.2) is 89.8 Å². The van der Waals surface area contributed by atoms with E-state index in [0.29, 0.717) is 13.0 Å². The van der Waals surface area contributed by atoms with Gasteiger partial charge in [0.25, 0.3) is 0 Å². The summed E-state index contributed by atoms with van der Waals surface area (Å²) in [6.07, 6.45) is 0.455. The van der Waals surface area contributed by atoms with Crippen molar-refractivity contribution >= 4 is 23.6 Å². The summed E-state index contributed by atoms with van der Waals surface area (Å²) in [5.74, 6) is 0.0781. The van der Waals surface area contributed by atoms with E-state index in [2.05, 4.69) is 5.32 Å². The number of nitrogens with one attached hydrogen (secondary N) is 1. The molecule has 0 heterocycles. The second-order valence-corrected chi connectivity index (χ2v) is 10.5. The first-order valence-corrected chi connectivity index (χ1v) is 12.6. The molecule has 0 aliphatic heterocycles. The number of carbonyl (C=O) groups excluding carboxylic acids is 2. The lowest BCUT2D eigenvalue weighted by atomic mass is 10.00. The van der Waals surface area contributed by atoms with Crippen molar-refractivity contribution in [1.82, 2.24) is 10.2 Å². The lowest BCUT2D eigenvalue weighted by Crippen LogP contribution is -2.54. The first-order chi connectivity index (χ1) is 16.2. The molecular weight excluding hydrogens is 440 g/mol. The minimum absolute atomic E-state index is 0.0536. The van der Waals surface area contributed by atoms with Crippen molar-refractivity contribution in [2.75, 3.05) is 5.75 Å². The van der Waals surface area contributed by atoms with Gasteiger partial charge < -0.3 is 10.2 Å². The Kier molecular flexibility index (Phi) is 8.94. The van der Waals surface area contributed by atoms with Crippen LogP contribution in [-0.4, -0.2) is 34.0 Å². The number of nitrogens with zero attached hydrogens (tertiary/aromatic N) is 1. The molecule has 0 radical (unpaired) electrons. The Morgan fingerprint density at radius 2 is 1.47 bits per heavy atom. The van der Waals surface area contributed by atoms with Gasteiger partial charge in [-0.05, 0) is 56.5 Å². The van der Waals surface area contributed by atoms with E-state index in [1.165, 1.54) is 11.8 Å². The van der Waals surface area contributed by atoms with E-state index in [1.54, 1.807) is 4.90 Å². The van der Waals surface area contributed by atoms with Crippen LogP contribution in [0.3, 0.4) is 0 Å². The molecule has 0 spiro atoms. The second-order valence-electron chi connectivity index (χ2n) is 9.49. The van der Waals surface area contributed by atoms with Crippen LogP contribution in [0.25, 0.3) is 0 Å². The SMILES string of the molecule is Cc1ccccc1CN(C(=O)CSc1ccccc1)C(Cc1ccccc1)C(=O)NC(C)(C)C. The molecule has 0 bridgehead atoms. The molecule has 0 aromatic heterocycles. The molecule has 4 nitrogen and oxygen atoms in total. The molecular formula is C29H34N2O2S. The smallest absolute Gasteiger partial charge is 0.243 e. The van der Waals surface area contributed by atoms with Crippen LogP contribution in [0.4, 0.5) is 0 Å². The predicted octanol–water partition coefficient (Wildman–Crippen LogP) is 5.64. The number of amides is 2. The van der Waals surface area contributed by atoms with Crippen LogP contribution in [-0.2, 0) is 22.6 Å². The zero-order valence-corrected chi connectivity index (χ0v) is 21.3. The van der Waals surface area contributed by atoms with Crippen molar-refractivity contribution in [2.45, 2.75) is 57.1 Å². The van der Waals surface area contributed by atoms with Crippen molar-refractivity contribution in [1.29, 1.82) is 0 Å². The Labute approximate surface area is 207 Å². The number of rotatable bonds is 9. The summed E-state index contributed by atoms with van der Waals surface area (Å²) in [5.41, 5.74) is 2.77. The van der Waals surface area contributed by atoms with Crippen molar-refractivity contribution < 1.29 is 9.59 Å². The maximum absolute atomic E-state index is 13.7. The largest absolute Gasteiger partial charge is 0.350 e. The number of thioether (sulfide) groups is 1. The minimum atomic E-state index is -0.620. The van der Waals surface area contributed by atoms with E-state index in [1.807, 2.05) is 113 Å². The van der Waals surface area contributed by atoms with Crippen LogP contribution in [0.5, 0.6) is 0 Å². The number of aryl methyl sites for hydroxylation is 1. The fourth-order valence-corrected chi connectivity index (χ4v) is 4.53. The Hall–Kier alpha value is -3.05. The average Bonchev–Trinajstić information content (AvgIpc) is 2.81. The van der Waals surface area contributed by atoms with Gasteiger partial charge in [0, 0.05) is 23.4 Å². The third kappa shape index (κ3) is 7.77. The molecule has 0 aliphatic carbocycles. The Morgan fingerprint density at radius 1 is 0.882 bits per heavy atom. The lowest BCUT2D eigenvalue weighted by Gasteiger charge is -2.34. The minimum Gasteiger partial charge on any atom is -0.350 e. The summed E-state index contributed by atoms with van der Waals surface area (Å²) in [4.78, 5) is 30.0. The van der Waals surface area contributed by atoms with E-state index < -0.39 is 11.6 Å². The van der Waals surface area contributed by atoms with Crippen molar-refractivity contribution in [3.05, 3.63) is 102 Å². The summed E-state index contributed by atoms with van der Waals surface area (Å²) >= 11 is 1.50. The summed E-state index contributed by atoms with van der Waals surface area (Å²) in [6, 6.07) is 27.2. The van der Waals surface area contributed by atoms with Gasteiger partial charge in [-0.15, -0.1) is 11.8 Å². The molecule has 1 atom stereocenters. The number of hydrogen-bond acceptors (Lipinski definition) is 3. The van der Waals surface area contributed by atoms with Gasteiger partial charge in [0.1, 0.15) is 6.04 Å². The van der Waals surface area contributed by atoms with Crippen LogP contribution in [0.1, 0.15) is 37.5 Å². The fourth-order valence-electron chi connectivity index (χ4n) is 3.72. The Balaban J connectivity index is 1.94. The van der Waals surface area contributed by atoms with Gasteiger partial charge in [-0.2, -0.15) is 0 Å². The zero-order valence-electron chi connectivity index (χ0n) is 20.5. The van der Waals surface area contributed by atoms with Gasteiger partial charge in [0.05, 0.1) is 5.75 Å². The average molecular weight is 475 g/mol. The maximum Gasteiger partial charge on any atom is 0.243 e. The molecule has 2 amide bonds. The molecule has 0 aliphatic rings. The quantitative estimate of drug-likeness (QED) is 0.408. The highest BCUT2D eigenvalue weighted by atomic mass is 32.2. The number of benzene rings is 3. The summed E-state index contributed by atoms with van der Waals surface area (Å²) in [6.45, 7) is 8.31. The van der Waals surface area contributed by atoms with Crippen LogP contribution < -0.4 is 5.32 Å². The van der Waals surface area contributed by atoms with E-state index in [4.69, 9.17) is 0 Å². The summed E-state index contributed by atoms with van der Waals surface area (Å²) < 4.78 is 0. The highest BCUT2D eigenvalue weighted by Crippen LogP contribution is 2.22. The summed E-state index contributed by atoms with van der Waals surface area (Å²) in [5, 5.41) is 3.11. The van der Waals surface area contributed by atoms with Crippen molar-refractivity contribution in [3.8, 4) is 0 Å². The standard InChI is InChI=1S/C29H34N2O2S/c1-22-13-11-12-16-24(22)20-31(27(32)21-34-25-17-9-6-10-18-25)26(28(33)30-29(2,3)4)19-23-14-7-5-8-15-23/h5-18,26H,19-21H2,1-4H3,(H,30,33). The molecule has 0 fully saturated rings. The van der Waals surface area contributed by atoms with Gasteiger partial charge in [-0.1, -0.05) is 72.8 Å². The van der Waals surface area contributed by atoms with E-state index in [0.717, 1.165) is 21.6 Å². The van der Waals surface area contributed by atoms with Crippen LogP contribution in [0.2, 0.25) is 0 Å². The topological polar surface area (TPSA) is 49.4 Å². The molecule has 1 unspecified atom stereocenters. The Morgan fingerprint density at radius 3 is 2.09 bits per heavy atom. The second kappa shape index (κ2) is 11.9. The molecule has 0 saturated carbocycles. The van der Waals surface area contributed by atoms with Crippen molar-refractivity contribution in [3.63, 3.8) is 0 Å².